The molecule has 2 rings (SSSR count). The van der Waals surface area contributed by atoms with Crippen molar-refractivity contribution >= 4 is 29.1 Å². The van der Waals surface area contributed by atoms with Gasteiger partial charge in [0, 0.05) is 37.9 Å². The molecule has 0 saturated carbocycles. The van der Waals surface area contributed by atoms with E-state index in [-0.39, 0.29) is 18.4 Å². The predicted molar refractivity (Wildman–Crippen MR) is 115 cm³/mol. The second-order valence-corrected chi connectivity index (χ2v) is 7.23. The van der Waals surface area contributed by atoms with E-state index in [0.717, 1.165) is 17.0 Å². The second-order valence-electron chi connectivity index (χ2n) is 6.82. The molecule has 0 bridgehead atoms. The van der Waals surface area contributed by atoms with Crippen LogP contribution in [0.15, 0.2) is 18.2 Å². The van der Waals surface area contributed by atoms with E-state index in [4.69, 9.17) is 16.3 Å². The maximum absolute atomic E-state index is 12.3. The third kappa shape index (κ3) is 5.97. The van der Waals surface area contributed by atoms with Crippen molar-refractivity contribution in [2.24, 2.45) is 7.05 Å². The summed E-state index contributed by atoms with van der Waals surface area (Å²) in [5, 5.41) is 7.56. The zero-order valence-corrected chi connectivity index (χ0v) is 18.5. The van der Waals surface area contributed by atoms with E-state index >= 15 is 0 Å². The van der Waals surface area contributed by atoms with E-state index in [0.29, 0.717) is 42.4 Å². The van der Waals surface area contributed by atoms with Gasteiger partial charge in [-0.3, -0.25) is 14.3 Å². The fraction of sp³-hybridized carbons (Fsp3) is 0.476. The maximum atomic E-state index is 12.3. The number of aryl methyl sites for hydroxylation is 2. The molecule has 0 fully saturated rings. The first-order valence-electron chi connectivity index (χ1n) is 9.75. The Kier molecular flexibility index (Phi) is 8.08. The SMILES string of the molecule is CCN(CC)C(=O)COc1ccc(NC(=O)CCc2c(C)nn(C)c2C)cc1Cl. The van der Waals surface area contributed by atoms with Gasteiger partial charge >= 0.3 is 0 Å². The first-order valence-corrected chi connectivity index (χ1v) is 10.1. The normalized spacial score (nSPS) is 10.7. The zero-order valence-electron chi connectivity index (χ0n) is 17.7. The molecular formula is C21H29ClN4O3. The Hall–Kier alpha value is -2.54. The minimum Gasteiger partial charge on any atom is -0.482 e. The quantitative estimate of drug-likeness (QED) is 0.673. The summed E-state index contributed by atoms with van der Waals surface area (Å²) in [5.74, 6) is 0.213. The number of halogens is 1. The van der Waals surface area contributed by atoms with Crippen LogP contribution in [0.2, 0.25) is 5.02 Å². The van der Waals surface area contributed by atoms with Crippen molar-refractivity contribution in [3.05, 3.63) is 40.2 Å². The van der Waals surface area contributed by atoms with Gasteiger partial charge in [0.15, 0.2) is 6.61 Å². The van der Waals surface area contributed by atoms with Gasteiger partial charge in [-0.05, 0) is 57.9 Å². The number of aromatic nitrogens is 2. The molecule has 0 saturated heterocycles. The van der Waals surface area contributed by atoms with Crippen LogP contribution in [-0.4, -0.2) is 46.2 Å². The van der Waals surface area contributed by atoms with Gasteiger partial charge in [0.05, 0.1) is 10.7 Å². The molecule has 7 nitrogen and oxygen atoms in total. The third-order valence-electron chi connectivity index (χ3n) is 4.94. The fourth-order valence-electron chi connectivity index (χ4n) is 3.14. The molecule has 2 amide bonds. The van der Waals surface area contributed by atoms with Crippen LogP contribution in [0.25, 0.3) is 0 Å². The molecular weight excluding hydrogens is 392 g/mol. The van der Waals surface area contributed by atoms with Crippen LogP contribution in [0.5, 0.6) is 5.75 Å². The largest absolute Gasteiger partial charge is 0.482 e. The third-order valence-corrected chi connectivity index (χ3v) is 5.24. The number of nitrogens with one attached hydrogen (secondary N) is 1. The van der Waals surface area contributed by atoms with Crippen LogP contribution in [0.3, 0.4) is 0 Å². The highest BCUT2D eigenvalue weighted by Gasteiger charge is 2.14. The van der Waals surface area contributed by atoms with Gasteiger partial charge < -0.3 is 15.0 Å². The topological polar surface area (TPSA) is 76.5 Å². The van der Waals surface area contributed by atoms with Crippen LogP contribution >= 0.6 is 11.6 Å². The highest BCUT2D eigenvalue weighted by atomic mass is 35.5. The van der Waals surface area contributed by atoms with Crippen molar-refractivity contribution < 1.29 is 14.3 Å². The summed E-state index contributed by atoms with van der Waals surface area (Å²) in [4.78, 5) is 26.0. The molecule has 0 aliphatic carbocycles. The molecule has 1 aromatic carbocycles. The molecule has 0 unspecified atom stereocenters. The predicted octanol–water partition coefficient (Wildman–Crippen LogP) is 3.51. The lowest BCUT2D eigenvalue weighted by Crippen LogP contribution is -2.34. The van der Waals surface area contributed by atoms with Gasteiger partial charge in [0.25, 0.3) is 5.91 Å². The molecule has 0 atom stereocenters. The number of likely N-dealkylation sites (N-methyl/N-ethyl adjacent to an activating group) is 1. The number of ether oxygens (including phenoxy) is 1. The highest BCUT2D eigenvalue weighted by Crippen LogP contribution is 2.28. The molecule has 0 aliphatic heterocycles. The van der Waals surface area contributed by atoms with Gasteiger partial charge in [0.2, 0.25) is 5.91 Å². The van der Waals surface area contributed by atoms with Crippen molar-refractivity contribution in [2.75, 3.05) is 25.0 Å². The summed E-state index contributed by atoms with van der Waals surface area (Å²) in [7, 11) is 1.90. The molecule has 0 radical (unpaired) electrons. The Labute approximate surface area is 177 Å². The van der Waals surface area contributed by atoms with Crippen LogP contribution in [-0.2, 0) is 23.1 Å². The molecule has 158 valence electrons. The number of benzene rings is 1. The van der Waals surface area contributed by atoms with Crippen molar-refractivity contribution in [1.29, 1.82) is 0 Å². The van der Waals surface area contributed by atoms with Crippen LogP contribution in [0.1, 0.15) is 37.2 Å². The summed E-state index contributed by atoms with van der Waals surface area (Å²) < 4.78 is 7.36. The average Bonchev–Trinajstić information content (AvgIpc) is 2.92. The number of carbonyl (C=O) groups excluding carboxylic acids is 2. The number of hydrogen-bond acceptors (Lipinski definition) is 4. The molecule has 0 spiro atoms. The first kappa shape index (κ1) is 22.7. The minimum absolute atomic E-state index is 0.0725. The zero-order chi connectivity index (χ0) is 21.6. The molecule has 2 aromatic rings. The van der Waals surface area contributed by atoms with Crippen molar-refractivity contribution in [1.82, 2.24) is 14.7 Å². The number of amides is 2. The maximum Gasteiger partial charge on any atom is 0.260 e. The van der Waals surface area contributed by atoms with E-state index in [1.54, 1.807) is 23.1 Å². The Morgan fingerprint density at radius 3 is 2.48 bits per heavy atom. The molecule has 1 N–H and O–H groups in total. The van der Waals surface area contributed by atoms with Crippen LogP contribution < -0.4 is 10.1 Å². The van der Waals surface area contributed by atoms with Crippen molar-refractivity contribution in [3.63, 3.8) is 0 Å². The average molecular weight is 421 g/mol. The fourth-order valence-corrected chi connectivity index (χ4v) is 3.38. The van der Waals surface area contributed by atoms with Gasteiger partial charge in [-0.15, -0.1) is 0 Å². The second kappa shape index (κ2) is 10.3. The van der Waals surface area contributed by atoms with Gasteiger partial charge in [-0.1, -0.05) is 11.6 Å². The van der Waals surface area contributed by atoms with Crippen molar-refractivity contribution in [2.45, 2.75) is 40.5 Å². The Balaban J connectivity index is 1.91. The first-order chi connectivity index (χ1) is 13.8. The smallest absolute Gasteiger partial charge is 0.260 e. The van der Waals surface area contributed by atoms with Crippen LogP contribution in [0, 0.1) is 13.8 Å². The molecule has 29 heavy (non-hydrogen) atoms. The van der Waals surface area contributed by atoms with Gasteiger partial charge in [-0.2, -0.15) is 5.10 Å². The van der Waals surface area contributed by atoms with E-state index in [2.05, 4.69) is 10.4 Å². The molecule has 1 aromatic heterocycles. The number of carbonyl (C=O) groups is 2. The molecule has 0 aliphatic rings. The molecule has 1 heterocycles. The highest BCUT2D eigenvalue weighted by molar-refractivity contribution is 6.32. The van der Waals surface area contributed by atoms with Crippen molar-refractivity contribution in [3.8, 4) is 5.75 Å². The Morgan fingerprint density at radius 2 is 1.93 bits per heavy atom. The van der Waals surface area contributed by atoms with E-state index in [1.165, 1.54) is 0 Å². The van der Waals surface area contributed by atoms with Crippen LogP contribution in [0.4, 0.5) is 5.69 Å². The lowest BCUT2D eigenvalue weighted by molar-refractivity contribution is -0.133. The lowest BCUT2D eigenvalue weighted by Gasteiger charge is -2.19. The number of nitrogens with zero attached hydrogens (tertiary/aromatic N) is 3. The van der Waals surface area contributed by atoms with E-state index in [9.17, 15) is 9.59 Å². The minimum atomic E-state index is -0.103. The summed E-state index contributed by atoms with van der Waals surface area (Å²) in [6.45, 7) is 8.98. The Bertz CT molecular complexity index is 875. The number of hydrogen-bond donors (Lipinski definition) is 1. The summed E-state index contributed by atoms with van der Waals surface area (Å²) in [5.41, 5.74) is 3.70. The van der Waals surface area contributed by atoms with E-state index < -0.39 is 0 Å². The number of rotatable bonds is 9. The standard InChI is InChI=1S/C21H29ClN4O3/c1-6-26(7-2)21(28)13-29-19-10-8-16(12-18(19)22)23-20(27)11-9-17-14(3)24-25(5)15(17)4/h8,10,12H,6-7,9,11,13H2,1-5H3,(H,23,27). The summed E-state index contributed by atoms with van der Waals surface area (Å²) in [6.07, 6.45) is 0.974. The number of anilines is 1. The molecule has 8 heteroatoms. The monoisotopic (exact) mass is 420 g/mol. The Morgan fingerprint density at radius 1 is 1.24 bits per heavy atom. The van der Waals surface area contributed by atoms with E-state index in [1.807, 2.05) is 39.4 Å². The van der Waals surface area contributed by atoms with Gasteiger partial charge in [-0.25, -0.2) is 0 Å². The lowest BCUT2D eigenvalue weighted by atomic mass is 10.1. The van der Waals surface area contributed by atoms with Gasteiger partial charge in [0.1, 0.15) is 5.75 Å². The summed E-state index contributed by atoms with van der Waals surface area (Å²) >= 11 is 6.25. The summed E-state index contributed by atoms with van der Waals surface area (Å²) in [6, 6.07) is 4.99.